The van der Waals surface area contributed by atoms with Crippen LogP contribution >= 0.6 is 0 Å². The van der Waals surface area contributed by atoms with E-state index in [1.54, 1.807) is 0 Å². The third kappa shape index (κ3) is 2.74. The zero-order chi connectivity index (χ0) is 9.68. The molecule has 0 amide bonds. The molecular weight excluding hydrogens is 166 g/mol. The molecule has 13 heavy (non-hydrogen) atoms. The summed E-state index contributed by atoms with van der Waals surface area (Å²) < 4.78 is 0. The second-order valence-corrected chi connectivity index (χ2v) is 3.39. The van der Waals surface area contributed by atoms with Gasteiger partial charge < -0.3 is 10.4 Å². The molecule has 0 heterocycles. The van der Waals surface area contributed by atoms with Crippen LogP contribution in [0.25, 0.3) is 0 Å². The van der Waals surface area contributed by atoms with Crippen molar-refractivity contribution in [3.63, 3.8) is 0 Å². The normalized spacial score (nSPS) is 26.1. The van der Waals surface area contributed by atoms with Gasteiger partial charge in [0.05, 0.1) is 5.92 Å². The van der Waals surface area contributed by atoms with Gasteiger partial charge in [0.2, 0.25) is 0 Å². The zero-order valence-corrected chi connectivity index (χ0v) is 7.62. The summed E-state index contributed by atoms with van der Waals surface area (Å²) in [5.41, 5.74) is 0. The minimum atomic E-state index is -0.680. The molecule has 2 atom stereocenters. The fourth-order valence-corrected chi connectivity index (χ4v) is 1.52. The van der Waals surface area contributed by atoms with Gasteiger partial charge >= 0.3 is 5.97 Å². The first-order valence-corrected chi connectivity index (χ1v) is 4.65. The number of terminal acetylenes is 1. The van der Waals surface area contributed by atoms with Crippen LogP contribution in [0.15, 0.2) is 0 Å². The van der Waals surface area contributed by atoms with Crippen LogP contribution in [0.4, 0.5) is 0 Å². The number of hydrogen-bond donors (Lipinski definition) is 2. The molecule has 72 valence electrons. The van der Waals surface area contributed by atoms with Crippen LogP contribution in [0.5, 0.6) is 0 Å². The minimum absolute atomic E-state index is 0.175. The van der Waals surface area contributed by atoms with Crippen LogP contribution in [-0.4, -0.2) is 23.7 Å². The van der Waals surface area contributed by atoms with Gasteiger partial charge in [-0.25, -0.2) is 0 Å². The van der Waals surface area contributed by atoms with Gasteiger partial charge in [0.15, 0.2) is 0 Å². The van der Waals surface area contributed by atoms with Crippen molar-refractivity contribution >= 4 is 5.97 Å². The number of hydrogen-bond acceptors (Lipinski definition) is 2. The summed E-state index contributed by atoms with van der Waals surface area (Å²) in [4.78, 5) is 10.6. The van der Waals surface area contributed by atoms with Crippen LogP contribution in [0, 0.1) is 18.3 Å². The van der Waals surface area contributed by atoms with E-state index in [9.17, 15) is 4.79 Å². The second-order valence-electron chi connectivity index (χ2n) is 3.39. The van der Waals surface area contributed by atoms with E-state index in [0.29, 0.717) is 0 Å². The van der Waals surface area contributed by atoms with E-state index in [2.05, 4.69) is 11.2 Å². The van der Waals surface area contributed by atoms with Gasteiger partial charge in [-0.2, -0.15) is 0 Å². The zero-order valence-electron chi connectivity index (χ0n) is 7.62. The van der Waals surface area contributed by atoms with Crippen LogP contribution in [0.3, 0.4) is 0 Å². The van der Waals surface area contributed by atoms with Crippen LogP contribution < -0.4 is 5.32 Å². The average molecular weight is 181 g/mol. The van der Waals surface area contributed by atoms with Crippen molar-refractivity contribution < 1.29 is 9.90 Å². The van der Waals surface area contributed by atoms with E-state index in [-0.39, 0.29) is 12.0 Å². The number of unbranched alkanes of at least 4 members (excludes halogenated alkanes) is 1. The topological polar surface area (TPSA) is 49.3 Å². The SMILES string of the molecule is C#CCCCNC1CCC1C(=O)O. The first-order valence-electron chi connectivity index (χ1n) is 4.65. The number of rotatable bonds is 5. The van der Waals surface area contributed by atoms with Gasteiger partial charge in [0, 0.05) is 12.5 Å². The molecule has 0 bridgehead atoms. The van der Waals surface area contributed by atoms with Gasteiger partial charge in [-0.05, 0) is 25.8 Å². The van der Waals surface area contributed by atoms with Crippen molar-refractivity contribution in [2.45, 2.75) is 31.7 Å². The maximum absolute atomic E-state index is 10.6. The van der Waals surface area contributed by atoms with Gasteiger partial charge in [0.25, 0.3) is 0 Å². The number of carboxylic acid groups (broad SMARTS) is 1. The Hall–Kier alpha value is -1.01. The van der Waals surface area contributed by atoms with E-state index < -0.39 is 5.97 Å². The smallest absolute Gasteiger partial charge is 0.308 e. The molecule has 1 rings (SSSR count). The maximum Gasteiger partial charge on any atom is 0.308 e. The fraction of sp³-hybridized carbons (Fsp3) is 0.700. The summed E-state index contributed by atoms with van der Waals surface area (Å²) in [5.74, 6) is 1.70. The van der Waals surface area contributed by atoms with Crippen molar-refractivity contribution in [2.24, 2.45) is 5.92 Å². The molecule has 0 radical (unpaired) electrons. The number of nitrogens with one attached hydrogen (secondary N) is 1. The predicted molar refractivity (Wildman–Crippen MR) is 50.2 cm³/mol. The highest BCUT2D eigenvalue weighted by Gasteiger charge is 2.35. The average Bonchev–Trinajstić information content (AvgIpc) is 2.01. The van der Waals surface area contributed by atoms with E-state index >= 15 is 0 Å². The lowest BCUT2D eigenvalue weighted by molar-refractivity contribution is -0.146. The molecule has 1 aliphatic rings. The van der Waals surface area contributed by atoms with E-state index in [0.717, 1.165) is 32.2 Å². The highest BCUT2D eigenvalue weighted by molar-refractivity contribution is 5.72. The number of carbonyl (C=O) groups is 1. The van der Waals surface area contributed by atoms with E-state index in [1.807, 2.05) is 0 Å². The van der Waals surface area contributed by atoms with Crippen molar-refractivity contribution in [3.05, 3.63) is 0 Å². The Morgan fingerprint density at radius 2 is 2.38 bits per heavy atom. The minimum Gasteiger partial charge on any atom is -0.481 e. The van der Waals surface area contributed by atoms with Gasteiger partial charge in [-0.3, -0.25) is 4.79 Å². The highest BCUT2D eigenvalue weighted by Crippen LogP contribution is 2.27. The first kappa shape index (κ1) is 10.1. The summed E-state index contributed by atoms with van der Waals surface area (Å²) in [6.07, 6.45) is 8.57. The Kier molecular flexibility index (Phi) is 3.78. The summed E-state index contributed by atoms with van der Waals surface area (Å²) in [7, 11) is 0. The van der Waals surface area contributed by atoms with Gasteiger partial charge in [-0.1, -0.05) is 0 Å². The molecule has 0 aromatic carbocycles. The van der Waals surface area contributed by atoms with Crippen molar-refractivity contribution in [2.75, 3.05) is 6.54 Å². The van der Waals surface area contributed by atoms with E-state index in [1.165, 1.54) is 0 Å². The quantitative estimate of drug-likeness (QED) is 0.488. The lowest BCUT2D eigenvalue weighted by Crippen LogP contribution is -2.47. The molecule has 0 spiro atoms. The number of carboxylic acids is 1. The van der Waals surface area contributed by atoms with Crippen molar-refractivity contribution in [3.8, 4) is 12.3 Å². The Morgan fingerprint density at radius 3 is 2.85 bits per heavy atom. The molecule has 0 aromatic heterocycles. The monoisotopic (exact) mass is 181 g/mol. The van der Waals surface area contributed by atoms with Crippen LogP contribution in [0.1, 0.15) is 25.7 Å². The van der Waals surface area contributed by atoms with E-state index in [4.69, 9.17) is 11.5 Å². The summed E-state index contributed by atoms with van der Waals surface area (Å²) in [6.45, 7) is 0.832. The maximum atomic E-state index is 10.6. The van der Waals surface area contributed by atoms with Crippen molar-refractivity contribution in [1.82, 2.24) is 5.32 Å². The van der Waals surface area contributed by atoms with Crippen LogP contribution in [-0.2, 0) is 4.79 Å². The lowest BCUT2D eigenvalue weighted by atomic mass is 9.79. The standard InChI is InChI=1S/C10H15NO2/c1-2-3-4-7-11-9-6-5-8(9)10(12)13/h1,8-9,11H,3-7H2,(H,12,13). The third-order valence-electron chi connectivity index (χ3n) is 2.50. The molecule has 1 saturated carbocycles. The Balaban J connectivity index is 2.09. The summed E-state index contributed by atoms with van der Waals surface area (Å²) in [5, 5.41) is 11.9. The molecule has 3 heteroatoms. The molecule has 1 fully saturated rings. The Bertz CT molecular complexity index is 219. The molecule has 0 saturated heterocycles. The molecule has 2 N–H and O–H groups in total. The Morgan fingerprint density at radius 1 is 1.62 bits per heavy atom. The number of aliphatic carboxylic acids is 1. The molecule has 1 aliphatic carbocycles. The summed E-state index contributed by atoms with van der Waals surface area (Å²) in [6, 6.07) is 0.176. The first-order chi connectivity index (χ1) is 6.25. The van der Waals surface area contributed by atoms with Crippen molar-refractivity contribution in [1.29, 1.82) is 0 Å². The molecule has 3 nitrogen and oxygen atoms in total. The molecular formula is C10H15NO2. The Labute approximate surface area is 78.5 Å². The third-order valence-corrected chi connectivity index (χ3v) is 2.50. The summed E-state index contributed by atoms with van der Waals surface area (Å²) >= 11 is 0. The second kappa shape index (κ2) is 4.88. The lowest BCUT2D eigenvalue weighted by Gasteiger charge is -2.34. The predicted octanol–water partition coefficient (Wildman–Crippen LogP) is 0.853. The fourth-order valence-electron chi connectivity index (χ4n) is 1.52. The largest absolute Gasteiger partial charge is 0.481 e. The molecule has 0 aliphatic heterocycles. The highest BCUT2D eigenvalue weighted by atomic mass is 16.4. The molecule has 2 unspecified atom stereocenters. The van der Waals surface area contributed by atoms with Gasteiger partial charge in [-0.15, -0.1) is 12.3 Å². The van der Waals surface area contributed by atoms with Gasteiger partial charge in [0.1, 0.15) is 0 Å². The molecule has 0 aromatic rings. The van der Waals surface area contributed by atoms with Crippen LogP contribution in [0.2, 0.25) is 0 Å².